The van der Waals surface area contributed by atoms with Gasteiger partial charge >= 0.3 is 0 Å². The van der Waals surface area contributed by atoms with Crippen LogP contribution in [0.2, 0.25) is 0 Å². The Morgan fingerprint density at radius 1 is 0.839 bits per heavy atom. The molecule has 0 atom stereocenters. The highest BCUT2D eigenvalue weighted by Crippen LogP contribution is 2.21. The maximum atomic E-state index is 12.4. The van der Waals surface area contributed by atoms with Crippen LogP contribution < -0.4 is 16.4 Å². The van der Waals surface area contributed by atoms with Gasteiger partial charge in [0, 0.05) is 19.0 Å². The van der Waals surface area contributed by atoms with Crippen LogP contribution in [0.15, 0.2) is 84.9 Å². The van der Waals surface area contributed by atoms with Crippen molar-refractivity contribution in [2.75, 3.05) is 11.9 Å². The molecule has 3 aromatic carbocycles. The Bertz CT molecular complexity index is 1110. The lowest BCUT2D eigenvalue weighted by molar-refractivity contribution is -0.118. The minimum Gasteiger partial charge on any atom is -0.370 e. The van der Waals surface area contributed by atoms with Crippen LogP contribution in [0.25, 0.3) is 17.2 Å². The van der Waals surface area contributed by atoms with Gasteiger partial charge in [0.15, 0.2) is 0 Å². The van der Waals surface area contributed by atoms with E-state index in [0.29, 0.717) is 11.3 Å². The molecule has 0 heterocycles. The molecule has 0 unspecified atom stereocenters. The number of nitrogens with two attached hydrogens (primary N) is 1. The van der Waals surface area contributed by atoms with Crippen molar-refractivity contribution in [2.45, 2.75) is 6.42 Å². The first-order valence-corrected chi connectivity index (χ1v) is 9.83. The Morgan fingerprint density at radius 3 is 2.32 bits per heavy atom. The molecule has 0 aromatic heterocycles. The molecular weight excluding hydrogens is 390 g/mol. The summed E-state index contributed by atoms with van der Waals surface area (Å²) in [7, 11) is 0. The predicted molar refractivity (Wildman–Crippen MR) is 122 cm³/mol. The van der Waals surface area contributed by atoms with Gasteiger partial charge in [-0.1, -0.05) is 60.7 Å². The van der Waals surface area contributed by atoms with Crippen molar-refractivity contribution < 1.29 is 14.4 Å². The van der Waals surface area contributed by atoms with Gasteiger partial charge in [-0.2, -0.15) is 0 Å². The Kier molecular flexibility index (Phi) is 7.32. The average molecular weight is 413 g/mol. The second kappa shape index (κ2) is 10.5. The van der Waals surface area contributed by atoms with E-state index in [1.54, 1.807) is 30.3 Å². The van der Waals surface area contributed by atoms with E-state index >= 15 is 0 Å². The van der Waals surface area contributed by atoms with Crippen LogP contribution in [0.1, 0.15) is 22.3 Å². The molecule has 6 nitrogen and oxygen atoms in total. The third-order valence-electron chi connectivity index (χ3n) is 4.51. The summed E-state index contributed by atoms with van der Waals surface area (Å²) in [4.78, 5) is 35.6. The Morgan fingerprint density at radius 2 is 1.55 bits per heavy atom. The van der Waals surface area contributed by atoms with Gasteiger partial charge in [-0.15, -0.1) is 0 Å². The third-order valence-corrected chi connectivity index (χ3v) is 4.51. The first-order valence-electron chi connectivity index (χ1n) is 9.83. The number of hydrogen-bond acceptors (Lipinski definition) is 3. The number of carbonyl (C=O) groups is 3. The topological polar surface area (TPSA) is 101 Å². The van der Waals surface area contributed by atoms with Crippen LogP contribution in [0.5, 0.6) is 0 Å². The van der Waals surface area contributed by atoms with Crippen molar-refractivity contribution in [3.05, 3.63) is 96.1 Å². The largest absolute Gasteiger partial charge is 0.370 e. The smallest absolute Gasteiger partial charge is 0.253 e. The standard InChI is InChI=1S/C25H23N3O3/c26-23(29)15-16-27-25(31)21-11-4-5-12-22(21)28-24(30)14-13-18-7-6-10-20(17-18)19-8-2-1-3-9-19/h1-14,17H,15-16H2,(H2,26,29)(H,27,31)(H,28,30)/b14-13+. The fraction of sp³-hybridized carbons (Fsp3) is 0.0800. The SMILES string of the molecule is NC(=O)CCNC(=O)c1ccccc1NC(=O)/C=C/c1cccc(-c2ccccc2)c1. The quantitative estimate of drug-likeness (QED) is 0.492. The van der Waals surface area contributed by atoms with E-state index in [0.717, 1.165) is 16.7 Å². The summed E-state index contributed by atoms with van der Waals surface area (Å²) in [6.45, 7) is 0.133. The minimum atomic E-state index is -0.497. The van der Waals surface area contributed by atoms with E-state index in [-0.39, 0.29) is 18.9 Å². The Labute approximate surface area is 180 Å². The third kappa shape index (κ3) is 6.40. The number of benzene rings is 3. The molecule has 0 aliphatic heterocycles. The number of hydrogen-bond donors (Lipinski definition) is 3. The Balaban J connectivity index is 1.67. The maximum absolute atomic E-state index is 12.4. The highest BCUT2D eigenvalue weighted by Gasteiger charge is 2.12. The molecule has 31 heavy (non-hydrogen) atoms. The lowest BCUT2D eigenvalue weighted by atomic mass is 10.0. The number of rotatable bonds is 8. The molecule has 3 rings (SSSR count). The zero-order chi connectivity index (χ0) is 22.1. The second-order valence-corrected chi connectivity index (χ2v) is 6.83. The van der Waals surface area contributed by atoms with Crippen molar-refractivity contribution >= 4 is 29.5 Å². The molecule has 6 heteroatoms. The zero-order valence-corrected chi connectivity index (χ0v) is 16.9. The van der Waals surface area contributed by atoms with Crippen molar-refractivity contribution in [3.63, 3.8) is 0 Å². The molecule has 0 aliphatic carbocycles. The van der Waals surface area contributed by atoms with E-state index in [2.05, 4.69) is 10.6 Å². The zero-order valence-electron chi connectivity index (χ0n) is 16.9. The summed E-state index contributed by atoms with van der Waals surface area (Å²) in [5, 5.41) is 5.34. The molecule has 0 radical (unpaired) electrons. The van der Waals surface area contributed by atoms with E-state index in [1.165, 1.54) is 6.08 Å². The molecule has 0 spiro atoms. The maximum Gasteiger partial charge on any atom is 0.253 e. The lowest BCUT2D eigenvalue weighted by Crippen LogP contribution is -2.28. The monoisotopic (exact) mass is 413 g/mol. The summed E-state index contributed by atoms with van der Waals surface area (Å²) in [6, 6.07) is 24.5. The molecule has 0 saturated heterocycles. The molecule has 0 aliphatic rings. The molecular formula is C25H23N3O3. The molecule has 3 amide bonds. The van der Waals surface area contributed by atoms with Crippen LogP contribution in [0, 0.1) is 0 Å². The van der Waals surface area contributed by atoms with Crippen LogP contribution in [-0.2, 0) is 9.59 Å². The first kappa shape index (κ1) is 21.5. The van der Waals surface area contributed by atoms with Gasteiger partial charge in [0.2, 0.25) is 11.8 Å². The number of nitrogens with one attached hydrogen (secondary N) is 2. The average Bonchev–Trinajstić information content (AvgIpc) is 2.78. The number of para-hydroxylation sites is 1. The van der Waals surface area contributed by atoms with Crippen molar-refractivity contribution in [1.82, 2.24) is 5.32 Å². The van der Waals surface area contributed by atoms with Gasteiger partial charge in [0.25, 0.3) is 5.91 Å². The predicted octanol–water partition coefficient (Wildman–Crippen LogP) is 3.61. The van der Waals surface area contributed by atoms with Crippen LogP contribution >= 0.6 is 0 Å². The molecule has 0 saturated carbocycles. The van der Waals surface area contributed by atoms with E-state index in [9.17, 15) is 14.4 Å². The van der Waals surface area contributed by atoms with Crippen LogP contribution in [0.4, 0.5) is 5.69 Å². The molecule has 156 valence electrons. The molecule has 3 aromatic rings. The first-order chi connectivity index (χ1) is 15.0. The van der Waals surface area contributed by atoms with Gasteiger partial charge < -0.3 is 16.4 Å². The summed E-state index contributed by atoms with van der Waals surface area (Å²) in [6.07, 6.45) is 3.19. The van der Waals surface area contributed by atoms with Crippen molar-refractivity contribution in [2.24, 2.45) is 5.73 Å². The van der Waals surface area contributed by atoms with E-state index in [4.69, 9.17) is 5.73 Å². The van der Waals surface area contributed by atoms with Gasteiger partial charge in [0.05, 0.1) is 11.3 Å². The fourth-order valence-electron chi connectivity index (χ4n) is 2.98. The van der Waals surface area contributed by atoms with Crippen LogP contribution in [-0.4, -0.2) is 24.3 Å². The molecule has 4 N–H and O–H groups in total. The van der Waals surface area contributed by atoms with Crippen molar-refractivity contribution in [1.29, 1.82) is 0 Å². The lowest BCUT2D eigenvalue weighted by Gasteiger charge is -2.10. The van der Waals surface area contributed by atoms with Gasteiger partial charge in [-0.3, -0.25) is 14.4 Å². The van der Waals surface area contributed by atoms with Gasteiger partial charge in [-0.05, 0) is 41.0 Å². The second-order valence-electron chi connectivity index (χ2n) is 6.83. The van der Waals surface area contributed by atoms with E-state index in [1.807, 2.05) is 54.6 Å². The number of amides is 3. The van der Waals surface area contributed by atoms with Crippen molar-refractivity contribution in [3.8, 4) is 11.1 Å². The van der Waals surface area contributed by atoms with Gasteiger partial charge in [-0.25, -0.2) is 0 Å². The summed E-state index contributed by atoms with van der Waals surface area (Å²) in [5.74, 6) is -1.25. The normalized spacial score (nSPS) is 10.6. The summed E-state index contributed by atoms with van der Waals surface area (Å²) >= 11 is 0. The highest BCUT2D eigenvalue weighted by atomic mass is 16.2. The Hall–Kier alpha value is -4.19. The minimum absolute atomic E-state index is 0.0467. The van der Waals surface area contributed by atoms with E-state index < -0.39 is 11.8 Å². The molecule has 0 bridgehead atoms. The summed E-state index contributed by atoms with van der Waals surface area (Å²) < 4.78 is 0. The fourth-order valence-corrected chi connectivity index (χ4v) is 2.98. The number of anilines is 1. The number of primary amides is 1. The number of carbonyl (C=O) groups excluding carboxylic acids is 3. The van der Waals surface area contributed by atoms with Gasteiger partial charge in [0.1, 0.15) is 0 Å². The van der Waals surface area contributed by atoms with Crippen LogP contribution in [0.3, 0.4) is 0 Å². The molecule has 0 fully saturated rings. The summed E-state index contributed by atoms with van der Waals surface area (Å²) in [5.41, 5.74) is 8.80. The highest BCUT2D eigenvalue weighted by molar-refractivity contribution is 6.07.